The van der Waals surface area contributed by atoms with Crippen LogP contribution in [-0.4, -0.2) is 13.1 Å². The number of methoxy groups -OCH3 is 1. The molecule has 0 fully saturated rings. The number of hydrogen-bond acceptors (Lipinski definition) is 3. The van der Waals surface area contributed by atoms with Crippen LogP contribution in [0, 0.1) is 0 Å². The number of carbonyl (C=O) groups is 1. The largest absolute Gasteiger partial charge is 0.466 e. The summed E-state index contributed by atoms with van der Waals surface area (Å²) in [5, 5.41) is 3.31. The molecule has 4 heteroatoms. The molecule has 2 aromatic carbocycles. The lowest BCUT2D eigenvalue weighted by atomic mass is 9.99. The molecule has 0 heterocycles. The summed E-state index contributed by atoms with van der Waals surface area (Å²) in [5.41, 5.74) is 2.22. The molecule has 21 heavy (non-hydrogen) atoms. The van der Waals surface area contributed by atoms with Gasteiger partial charge in [0.25, 0.3) is 0 Å². The Morgan fingerprint density at radius 1 is 1.14 bits per heavy atom. The smallest absolute Gasteiger partial charge is 0.335 e. The molecule has 0 spiro atoms. The fourth-order valence-electron chi connectivity index (χ4n) is 1.98. The fourth-order valence-corrected chi connectivity index (χ4v) is 2.24. The third-order valence-corrected chi connectivity index (χ3v) is 3.61. The van der Waals surface area contributed by atoms with E-state index in [0.29, 0.717) is 5.57 Å². The number of halogens is 1. The van der Waals surface area contributed by atoms with E-state index in [2.05, 4.69) is 27.8 Å². The summed E-state index contributed by atoms with van der Waals surface area (Å²) in [6.45, 7) is 3.87. The van der Waals surface area contributed by atoms with Gasteiger partial charge in [-0.3, -0.25) is 0 Å². The summed E-state index contributed by atoms with van der Waals surface area (Å²) in [7, 11) is 1.36. The standard InChI is InChI=1S/C17H16BrNO2/c1-12(17(20)21-2)16(13-8-10-14(18)11-9-13)19-15-6-4-3-5-7-15/h3-11,16,19H,1H2,2H3/t16-/m0/s1. The average Bonchev–Trinajstić information content (AvgIpc) is 2.53. The van der Waals surface area contributed by atoms with E-state index in [0.717, 1.165) is 15.7 Å². The van der Waals surface area contributed by atoms with Gasteiger partial charge in [-0.1, -0.05) is 52.8 Å². The Kier molecular flexibility index (Phi) is 5.17. The highest BCUT2D eigenvalue weighted by atomic mass is 79.9. The summed E-state index contributed by atoms with van der Waals surface area (Å²) in [6.07, 6.45) is 0. The molecule has 0 amide bonds. The number of esters is 1. The normalized spacial score (nSPS) is 11.5. The molecule has 3 nitrogen and oxygen atoms in total. The van der Waals surface area contributed by atoms with E-state index in [1.54, 1.807) is 0 Å². The number of anilines is 1. The van der Waals surface area contributed by atoms with E-state index < -0.39 is 5.97 Å². The first-order chi connectivity index (χ1) is 10.1. The van der Waals surface area contributed by atoms with Crippen molar-refractivity contribution in [3.63, 3.8) is 0 Å². The van der Waals surface area contributed by atoms with E-state index in [1.165, 1.54) is 7.11 Å². The first-order valence-corrected chi connectivity index (χ1v) is 7.25. The summed E-state index contributed by atoms with van der Waals surface area (Å²) in [6, 6.07) is 17.1. The molecule has 0 aliphatic heterocycles. The molecule has 0 bridgehead atoms. The Morgan fingerprint density at radius 2 is 1.76 bits per heavy atom. The molecule has 0 aliphatic carbocycles. The Balaban J connectivity index is 2.32. The summed E-state index contributed by atoms with van der Waals surface area (Å²) < 4.78 is 5.77. The van der Waals surface area contributed by atoms with Crippen LogP contribution in [0.25, 0.3) is 0 Å². The SMILES string of the molecule is C=C(C(=O)OC)[C@H](Nc1ccccc1)c1ccc(Br)cc1. The highest BCUT2D eigenvalue weighted by Crippen LogP contribution is 2.27. The van der Waals surface area contributed by atoms with Crippen molar-refractivity contribution in [3.05, 3.63) is 76.8 Å². The van der Waals surface area contributed by atoms with Crippen LogP contribution in [0.5, 0.6) is 0 Å². The lowest BCUT2D eigenvalue weighted by molar-refractivity contribution is -0.136. The molecule has 0 saturated heterocycles. The molecule has 1 N–H and O–H groups in total. The highest BCUT2D eigenvalue weighted by Gasteiger charge is 2.21. The Bertz CT molecular complexity index is 623. The van der Waals surface area contributed by atoms with Gasteiger partial charge in [-0.2, -0.15) is 0 Å². The number of nitrogens with one attached hydrogen (secondary N) is 1. The maximum atomic E-state index is 11.8. The van der Waals surface area contributed by atoms with Gasteiger partial charge in [-0.05, 0) is 29.8 Å². The van der Waals surface area contributed by atoms with Crippen molar-refractivity contribution in [3.8, 4) is 0 Å². The number of hydrogen-bond donors (Lipinski definition) is 1. The van der Waals surface area contributed by atoms with Crippen LogP contribution in [0.2, 0.25) is 0 Å². The van der Waals surface area contributed by atoms with Crippen molar-refractivity contribution in [1.29, 1.82) is 0 Å². The van der Waals surface area contributed by atoms with E-state index in [9.17, 15) is 4.79 Å². The van der Waals surface area contributed by atoms with Crippen molar-refractivity contribution in [2.45, 2.75) is 6.04 Å². The quantitative estimate of drug-likeness (QED) is 0.647. The van der Waals surface area contributed by atoms with Crippen molar-refractivity contribution < 1.29 is 9.53 Å². The minimum Gasteiger partial charge on any atom is -0.466 e. The summed E-state index contributed by atoms with van der Waals surface area (Å²) >= 11 is 3.41. The zero-order chi connectivity index (χ0) is 15.2. The molecule has 0 aromatic heterocycles. The monoisotopic (exact) mass is 345 g/mol. The Labute approximate surface area is 132 Å². The van der Waals surface area contributed by atoms with Crippen LogP contribution < -0.4 is 5.32 Å². The fraction of sp³-hybridized carbons (Fsp3) is 0.118. The van der Waals surface area contributed by atoms with Gasteiger partial charge in [0, 0.05) is 10.2 Å². The number of ether oxygens (including phenoxy) is 1. The minimum atomic E-state index is -0.425. The molecular weight excluding hydrogens is 330 g/mol. The Hall–Kier alpha value is -2.07. The van der Waals surface area contributed by atoms with Crippen LogP contribution in [-0.2, 0) is 9.53 Å². The number of rotatable bonds is 5. The Morgan fingerprint density at radius 3 is 2.33 bits per heavy atom. The second-order valence-corrected chi connectivity index (χ2v) is 5.43. The van der Waals surface area contributed by atoms with Crippen molar-refractivity contribution in [1.82, 2.24) is 0 Å². The van der Waals surface area contributed by atoms with Crippen molar-refractivity contribution in [2.24, 2.45) is 0 Å². The van der Waals surface area contributed by atoms with Gasteiger partial charge < -0.3 is 10.1 Å². The van der Waals surface area contributed by atoms with E-state index in [4.69, 9.17) is 4.74 Å². The summed E-state index contributed by atoms with van der Waals surface area (Å²) in [5.74, 6) is -0.425. The van der Waals surface area contributed by atoms with Crippen molar-refractivity contribution >= 4 is 27.6 Å². The van der Waals surface area contributed by atoms with Gasteiger partial charge >= 0.3 is 5.97 Å². The van der Waals surface area contributed by atoms with Crippen LogP contribution >= 0.6 is 15.9 Å². The molecule has 0 unspecified atom stereocenters. The van der Waals surface area contributed by atoms with Crippen molar-refractivity contribution in [2.75, 3.05) is 12.4 Å². The number of carbonyl (C=O) groups excluding carboxylic acids is 1. The van der Waals surface area contributed by atoms with E-state index >= 15 is 0 Å². The van der Waals surface area contributed by atoms with Crippen LogP contribution in [0.3, 0.4) is 0 Å². The molecule has 0 aliphatic rings. The van der Waals surface area contributed by atoms with Gasteiger partial charge in [-0.15, -0.1) is 0 Å². The second kappa shape index (κ2) is 7.09. The minimum absolute atomic E-state index is 0.340. The van der Waals surface area contributed by atoms with Crippen LogP contribution in [0.4, 0.5) is 5.69 Å². The first-order valence-electron chi connectivity index (χ1n) is 6.46. The van der Waals surface area contributed by atoms with Gasteiger partial charge in [-0.25, -0.2) is 4.79 Å². The zero-order valence-electron chi connectivity index (χ0n) is 11.7. The molecule has 2 rings (SSSR count). The lowest BCUT2D eigenvalue weighted by Gasteiger charge is -2.21. The van der Waals surface area contributed by atoms with E-state index in [-0.39, 0.29) is 6.04 Å². The predicted octanol–water partition coefficient (Wildman–Crippen LogP) is 4.33. The van der Waals surface area contributed by atoms with Gasteiger partial charge in [0.2, 0.25) is 0 Å². The zero-order valence-corrected chi connectivity index (χ0v) is 13.3. The number of para-hydroxylation sites is 1. The molecule has 0 saturated carbocycles. The second-order valence-electron chi connectivity index (χ2n) is 4.51. The number of benzene rings is 2. The summed E-state index contributed by atoms with van der Waals surface area (Å²) in [4.78, 5) is 11.8. The highest BCUT2D eigenvalue weighted by molar-refractivity contribution is 9.10. The molecule has 1 atom stereocenters. The molecule has 0 radical (unpaired) electrons. The third kappa shape index (κ3) is 3.95. The third-order valence-electron chi connectivity index (χ3n) is 3.08. The average molecular weight is 346 g/mol. The van der Waals surface area contributed by atoms with Gasteiger partial charge in [0.05, 0.1) is 18.7 Å². The molecular formula is C17H16BrNO2. The molecule has 108 valence electrons. The van der Waals surface area contributed by atoms with Crippen LogP contribution in [0.1, 0.15) is 11.6 Å². The van der Waals surface area contributed by atoms with Gasteiger partial charge in [0.1, 0.15) is 0 Å². The maximum absolute atomic E-state index is 11.8. The first kappa shape index (κ1) is 15.3. The molecule has 2 aromatic rings. The predicted molar refractivity (Wildman–Crippen MR) is 88.1 cm³/mol. The lowest BCUT2D eigenvalue weighted by Crippen LogP contribution is -2.19. The van der Waals surface area contributed by atoms with Crippen LogP contribution in [0.15, 0.2) is 71.2 Å². The topological polar surface area (TPSA) is 38.3 Å². The van der Waals surface area contributed by atoms with E-state index in [1.807, 2.05) is 54.6 Å². The van der Waals surface area contributed by atoms with Gasteiger partial charge in [0.15, 0.2) is 0 Å². The maximum Gasteiger partial charge on any atom is 0.335 e.